The Morgan fingerprint density at radius 2 is 1.69 bits per heavy atom. The number of anilines is 3. The molecule has 0 saturated carbocycles. The van der Waals surface area contributed by atoms with Gasteiger partial charge in [-0.05, 0) is 24.3 Å². The van der Waals surface area contributed by atoms with Crippen molar-refractivity contribution in [1.29, 1.82) is 0 Å². The number of hydrogen-bond donors (Lipinski definition) is 2. The number of rotatable bonds is 6. The highest BCUT2D eigenvalue weighted by atomic mass is 16.5. The van der Waals surface area contributed by atoms with E-state index in [1.54, 1.807) is 32.4 Å². The predicted octanol–water partition coefficient (Wildman–Crippen LogP) is 3.49. The fourth-order valence-corrected chi connectivity index (χ4v) is 2.27. The monoisotopic (exact) mass is 350 g/mol. The molecule has 3 aromatic rings. The molecule has 2 aromatic carbocycles. The summed E-state index contributed by atoms with van der Waals surface area (Å²) in [6, 6.07) is 14.5. The van der Waals surface area contributed by atoms with Crippen LogP contribution < -0.4 is 20.1 Å². The first-order valence-electron chi connectivity index (χ1n) is 7.87. The molecule has 1 aromatic heterocycles. The Labute approximate surface area is 151 Å². The van der Waals surface area contributed by atoms with Crippen LogP contribution in [0, 0.1) is 0 Å². The number of methoxy groups -OCH3 is 2. The molecule has 0 aliphatic rings. The van der Waals surface area contributed by atoms with Gasteiger partial charge in [-0.2, -0.15) is 0 Å². The van der Waals surface area contributed by atoms with Gasteiger partial charge in [0, 0.05) is 24.1 Å². The van der Waals surface area contributed by atoms with Crippen molar-refractivity contribution in [3.8, 4) is 11.5 Å². The lowest BCUT2D eigenvalue weighted by Gasteiger charge is -2.11. The molecule has 0 fully saturated rings. The van der Waals surface area contributed by atoms with E-state index in [9.17, 15) is 4.79 Å². The third-order valence-corrected chi connectivity index (χ3v) is 3.60. The van der Waals surface area contributed by atoms with Crippen molar-refractivity contribution in [1.82, 2.24) is 9.97 Å². The molecule has 0 radical (unpaired) electrons. The number of ether oxygens (including phenoxy) is 2. The molecule has 0 unspecified atom stereocenters. The van der Waals surface area contributed by atoms with E-state index >= 15 is 0 Å². The Hall–Kier alpha value is -3.61. The van der Waals surface area contributed by atoms with Crippen molar-refractivity contribution in [3.05, 3.63) is 66.5 Å². The van der Waals surface area contributed by atoms with Gasteiger partial charge in [0.05, 0.1) is 25.5 Å². The summed E-state index contributed by atoms with van der Waals surface area (Å²) in [5.41, 5.74) is 1.73. The van der Waals surface area contributed by atoms with Crippen molar-refractivity contribution in [2.45, 2.75) is 0 Å². The van der Waals surface area contributed by atoms with E-state index in [1.165, 1.54) is 12.4 Å². The third-order valence-electron chi connectivity index (χ3n) is 3.60. The SMILES string of the molecule is COc1ccc(OC)c(Nc2ncc(C(=O)Nc3ccccc3)cn2)c1. The molecule has 3 rings (SSSR count). The summed E-state index contributed by atoms with van der Waals surface area (Å²) in [6.45, 7) is 0. The van der Waals surface area contributed by atoms with E-state index < -0.39 is 0 Å². The number of amides is 1. The average Bonchev–Trinajstić information content (AvgIpc) is 2.69. The van der Waals surface area contributed by atoms with Gasteiger partial charge in [-0.15, -0.1) is 0 Å². The normalized spacial score (nSPS) is 10.1. The molecule has 2 N–H and O–H groups in total. The van der Waals surface area contributed by atoms with Crippen LogP contribution in [0.1, 0.15) is 10.4 Å². The summed E-state index contributed by atoms with van der Waals surface area (Å²) in [5.74, 6) is 1.36. The second kappa shape index (κ2) is 7.98. The second-order valence-corrected chi connectivity index (χ2v) is 5.31. The molecule has 0 aliphatic carbocycles. The molecule has 0 aliphatic heterocycles. The van der Waals surface area contributed by atoms with Gasteiger partial charge >= 0.3 is 0 Å². The first-order chi connectivity index (χ1) is 12.7. The fourth-order valence-electron chi connectivity index (χ4n) is 2.27. The largest absolute Gasteiger partial charge is 0.497 e. The van der Waals surface area contributed by atoms with Gasteiger partial charge in [0.15, 0.2) is 0 Å². The summed E-state index contributed by atoms with van der Waals surface area (Å²) in [6.07, 6.45) is 2.92. The van der Waals surface area contributed by atoms with Gasteiger partial charge in [0.2, 0.25) is 5.95 Å². The molecular formula is C19H18N4O3. The summed E-state index contributed by atoms with van der Waals surface area (Å²) >= 11 is 0. The highest BCUT2D eigenvalue weighted by Gasteiger charge is 2.10. The highest BCUT2D eigenvalue weighted by Crippen LogP contribution is 2.30. The highest BCUT2D eigenvalue weighted by molar-refractivity contribution is 6.03. The number of aromatic nitrogens is 2. The summed E-state index contributed by atoms with van der Waals surface area (Å²) < 4.78 is 10.5. The number of para-hydroxylation sites is 1. The maximum atomic E-state index is 12.2. The van der Waals surface area contributed by atoms with Gasteiger partial charge < -0.3 is 20.1 Å². The zero-order valence-electron chi connectivity index (χ0n) is 14.4. The quantitative estimate of drug-likeness (QED) is 0.708. The van der Waals surface area contributed by atoms with Crippen LogP contribution in [0.5, 0.6) is 11.5 Å². The minimum Gasteiger partial charge on any atom is -0.497 e. The Bertz CT molecular complexity index is 883. The number of hydrogen-bond acceptors (Lipinski definition) is 6. The molecule has 0 atom stereocenters. The lowest BCUT2D eigenvalue weighted by Crippen LogP contribution is -2.13. The van der Waals surface area contributed by atoms with Crippen LogP contribution in [0.15, 0.2) is 60.9 Å². The first kappa shape index (κ1) is 17.2. The van der Waals surface area contributed by atoms with Crippen molar-refractivity contribution >= 4 is 23.2 Å². The first-order valence-corrected chi connectivity index (χ1v) is 7.87. The lowest BCUT2D eigenvalue weighted by molar-refractivity contribution is 0.102. The molecule has 1 amide bonds. The number of nitrogens with one attached hydrogen (secondary N) is 2. The number of carbonyl (C=O) groups is 1. The lowest BCUT2D eigenvalue weighted by atomic mass is 10.2. The topological polar surface area (TPSA) is 85.4 Å². The van der Waals surface area contributed by atoms with Gasteiger partial charge in [0.25, 0.3) is 5.91 Å². The Kier molecular flexibility index (Phi) is 5.28. The summed E-state index contributed by atoms with van der Waals surface area (Å²) in [5, 5.41) is 5.84. The molecule has 1 heterocycles. The van der Waals surface area contributed by atoms with Crippen LogP contribution in [-0.2, 0) is 0 Å². The third kappa shape index (κ3) is 4.07. The van der Waals surface area contributed by atoms with Crippen LogP contribution in [-0.4, -0.2) is 30.1 Å². The van der Waals surface area contributed by atoms with Crippen LogP contribution in [0.4, 0.5) is 17.3 Å². The van der Waals surface area contributed by atoms with Crippen molar-refractivity contribution in [2.24, 2.45) is 0 Å². The molecular weight excluding hydrogens is 332 g/mol. The van der Waals surface area contributed by atoms with Crippen LogP contribution in [0.25, 0.3) is 0 Å². The fraction of sp³-hybridized carbons (Fsp3) is 0.105. The van der Waals surface area contributed by atoms with E-state index in [0.717, 1.165) is 0 Å². The Morgan fingerprint density at radius 3 is 2.35 bits per heavy atom. The van der Waals surface area contributed by atoms with Gasteiger partial charge in [-0.25, -0.2) is 9.97 Å². The molecule has 26 heavy (non-hydrogen) atoms. The number of nitrogens with zero attached hydrogens (tertiary/aromatic N) is 2. The molecule has 7 nitrogen and oxygen atoms in total. The zero-order chi connectivity index (χ0) is 18.4. The Balaban J connectivity index is 1.73. The van der Waals surface area contributed by atoms with Crippen molar-refractivity contribution in [3.63, 3.8) is 0 Å². The average molecular weight is 350 g/mol. The van der Waals surface area contributed by atoms with E-state index in [4.69, 9.17) is 9.47 Å². The van der Waals surface area contributed by atoms with Crippen LogP contribution in [0.3, 0.4) is 0 Å². The number of benzene rings is 2. The minimum atomic E-state index is -0.276. The van der Waals surface area contributed by atoms with Crippen LogP contribution in [0.2, 0.25) is 0 Å². The maximum absolute atomic E-state index is 12.2. The molecule has 0 spiro atoms. The predicted molar refractivity (Wildman–Crippen MR) is 99.3 cm³/mol. The van der Waals surface area contributed by atoms with Gasteiger partial charge in [-0.3, -0.25) is 4.79 Å². The van der Waals surface area contributed by atoms with E-state index in [-0.39, 0.29) is 5.91 Å². The molecule has 0 bridgehead atoms. The molecule has 7 heteroatoms. The minimum absolute atomic E-state index is 0.276. The second-order valence-electron chi connectivity index (χ2n) is 5.31. The van der Waals surface area contributed by atoms with Crippen molar-refractivity contribution in [2.75, 3.05) is 24.9 Å². The standard InChI is InChI=1S/C19H18N4O3/c1-25-15-8-9-17(26-2)16(10-15)23-19-20-11-13(12-21-19)18(24)22-14-6-4-3-5-7-14/h3-12H,1-2H3,(H,22,24)(H,20,21,23). The molecule has 132 valence electrons. The molecule has 0 saturated heterocycles. The van der Waals surface area contributed by atoms with E-state index in [0.29, 0.717) is 34.4 Å². The maximum Gasteiger partial charge on any atom is 0.258 e. The number of carbonyl (C=O) groups excluding carboxylic acids is 1. The smallest absolute Gasteiger partial charge is 0.258 e. The summed E-state index contributed by atoms with van der Waals surface area (Å²) in [4.78, 5) is 20.6. The van der Waals surface area contributed by atoms with Crippen LogP contribution >= 0.6 is 0 Å². The van der Waals surface area contributed by atoms with Crippen molar-refractivity contribution < 1.29 is 14.3 Å². The van der Waals surface area contributed by atoms with E-state index in [2.05, 4.69) is 20.6 Å². The zero-order valence-corrected chi connectivity index (χ0v) is 14.4. The Morgan fingerprint density at radius 1 is 0.962 bits per heavy atom. The summed E-state index contributed by atoms with van der Waals surface area (Å²) in [7, 11) is 3.16. The van der Waals surface area contributed by atoms with Gasteiger partial charge in [-0.1, -0.05) is 18.2 Å². The van der Waals surface area contributed by atoms with E-state index in [1.807, 2.05) is 30.3 Å². The van der Waals surface area contributed by atoms with Gasteiger partial charge in [0.1, 0.15) is 11.5 Å².